The zero-order valence-corrected chi connectivity index (χ0v) is 20.6. The van der Waals surface area contributed by atoms with Crippen LogP contribution in [0.25, 0.3) is 5.76 Å². The van der Waals surface area contributed by atoms with Gasteiger partial charge in [-0.05, 0) is 42.0 Å². The van der Waals surface area contributed by atoms with Crippen LogP contribution in [-0.2, 0) is 15.0 Å². The van der Waals surface area contributed by atoms with Crippen LogP contribution in [0.2, 0.25) is 0 Å². The fourth-order valence-corrected chi connectivity index (χ4v) is 4.35. The number of hydrogen-bond donors (Lipinski definition) is 1. The van der Waals surface area contributed by atoms with Gasteiger partial charge in [-0.1, -0.05) is 70.9 Å². The van der Waals surface area contributed by atoms with Crippen molar-refractivity contribution in [3.63, 3.8) is 0 Å². The van der Waals surface area contributed by atoms with E-state index in [1.165, 1.54) is 0 Å². The second-order valence-electron chi connectivity index (χ2n) is 9.72. The minimum absolute atomic E-state index is 0.121. The molecule has 1 saturated heterocycles. The van der Waals surface area contributed by atoms with Gasteiger partial charge in [-0.25, -0.2) is 0 Å². The number of ketones is 1. The molecule has 176 valence electrons. The molecule has 5 heteroatoms. The fourth-order valence-electron chi connectivity index (χ4n) is 4.35. The molecule has 1 N–H and O–H groups in total. The number of likely N-dealkylation sites (tertiary alicyclic amines) is 1. The maximum absolute atomic E-state index is 13.3. The number of carbonyl (C=O) groups is 2. The second-order valence-corrected chi connectivity index (χ2v) is 9.72. The van der Waals surface area contributed by atoms with Gasteiger partial charge in [0.2, 0.25) is 0 Å². The summed E-state index contributed by atoms with van der Waals surface area (Å²) in [5.41, 5.74) is 3.15. The first-order valence-corrected chi connectivity index (χ1v) is 11.6. The van der Waals surface area contributed by atoms with Crippen molar-refractivity contribution >= 4 is 17.4 Å². The molecule has 3 rings (SSSR count). The van der Waals surface area contributed by atoms with Gasteiger partial charge in [0.05, 0.1) is 18.7 Å². The molecule has 33 heavy (non-hydrogen) atoms. The summed E-state index contributed by atoms with van der Waals surface area (Å²) in [6.45, 7) is 10.7. The molecule has 1 atom stereocenters. The number of hydrogen-bond acceptors (Lipinski definition) is 4. The number of unbranched alkanes of at least 4 members (excludes halogenated alkanes) is 2. The number of aryl methyl sites for hydroxylation is 1. The molecule has 1 fully saturated rings. The number of amides is 1. The van der Waals surface area contributed by atoms with Crippen LogP contribution in [-0.4, -0.2) is 35.4 Å². The zero-order valence-electron chi connectivity index (χ0n) is 20.6. The number of nitrogens with zero attached hydrogens (tertiary/aromatic N) is 1. The van der Waals surface area contributed by atoms with Crippen LogP contribution in [0.15, 0.2) is 48.0 Å². The van der Waals surface area contributed by atoms with Gasteiger partial charge in [-0.2, -0.15) is 0 Å². The second kappa shape index (κ2) is 9.82. The van der Waals surface area contributed by atoms with Crippen molar-refractivity contribution in [1.82, 2.24) is 4.90 Å². The molecular weight excluding hydrogens is 414 g/mol. The lowest BCUT2D eigenvalue weighted by atomic mass is 9.84. The van der Waals surface area contributed by atoms with Crippen molar-refractivity contribution in [3.05, 3.63) is 70.3 Å². The Morgan fingerprint density at radius 1 is 1.09 bits per heavy atom. The molecule has 0 aromatic heterocycles. The topological polar surface area (TPSA) is 66.8 Å². The normalized spacial score (nSPS) is 18.1. The van der Waals surface area contributed by atoms with Gasteiger partial charge in [0.25, 0.3) is 11.7 Å². The number of methoxy groups -OCH3 is 1. The largest absolute Gasteiger partial charge is 0.507 e. The minimum Gasteiger partial charge on any atom is -0.507 e. The minimum atomic E-state index is -0.698. The first-order valence-electron chi connectivity index (χ1n) is 11.6. The Bertz CT molecular complexity index is 1080. The number of carbonyl (C=O) groups excluding carboxylic acids is 2. The molecule has 1 aliphatic rings. The smallest absolute Gasteiger partial charge is 0.295 e. The van der Waals surface area contributed by atoms with Crippen LogP contribution in [0.1, 0.15) is 75.3 Å². The highest BCUT2D eigenvalue weighted by Crippen LogP contribution is 2.43. The van der Waals surface area contributed by atoms with Crippen molar-refractivity contribution in [3.8, 4) is 5.75 Å². The molecule has 0 aliphatic carbocycles. The first-order chi connectivity index (χ1) is 15.6. The third-order valence-corrected chi connectivity index (χ3v) is 6.33. The molecule has 1 heterocycles. The Kier molecular flexibility index (Phi) is 7.31. The van der Waals surface area contributed by atoms with Gasteiger partial charge in [-0.3, -0.25) is 9.59 Å². The molecule has 5 nitrogen and oxygen atoms in total. The van der Waals surface area contributed by atoms with E-state index in [2.05, 4.69) is 27.7 Å². The predicted molar refractivity (Wildman–Crippen MR) is 131 cm³/mol. The number of rotatable bonds is 7. The number of ether oxygens (including phenoxy) is 1. The summed E-state index contributed by atoms with van der Waals surface area (Å²) < 4.78 is 5.57. The van der Waals surface area contributed by atoms with Crippen molar-refractivity contribution < 1.29 is 19.4 Å². The average molecular weight is 450 g/mol. The van der Waals surface area contributed by atoms with E-state index in [4.69, 9.17) is 4.74 Å². The summed E-state index contributed by atoms with van der Waals surface area (Å²) in [6, 6.07) is 12.6. The summed E-state index contributed by atoms with van der Waals surface area (Å²) in [4.78, 5) is 28.0. The van der Waals surface area contributed by atoms with Crippen LogP contribution < -0.4 is 4.74 Å². The van der Waals surface area contributed by atoms with Gasteiger partial charge >= 0.3 is 0 Å². The Labute approximate surface area is 197 Å². The molecule has 0 bridgehead atoms. The predicted octanol–water partition coefficient (Wildman–Crippen LogP) is 5.91. The molecule has 0 radical (unpaired) electrons. The lowest BCUT2D eigenvalue weighted by Crippen LogP contribution is -2.30. The Morgan fingerprint density at radius 2 is 1.79 bits per heavy atom. The third-order valence-electron chi connectivity index (χ3n) is 6.33. The maximum atomic E-state index is 13.3. The molecule has 2 aromatic carbocycles. The summed E-state index contributed by atoms with van der Waals surface area (Å²) in [5.74, 6) is -0.782. The van der Waals surface area contributed by atoms with E-state index >= 15 is 0 Å². The van der Waals surface area contributed by atoms with E-state index in [0.717, 1.165) is 30.4 Å². The van der Waals surface area contributed by atoms with Gasteiger partial charge in [-0.15, -0.1) is 0 Å². The van der Waals surface area contributed by atoms with E-state index in [1.54, 1.807) is 12.0 Å². The molecule has 1 unspecified atom stereocenters. The van der Waals surface area contributed by atoms with Gasteiger partial charge in [0.1, 0.15) is 11.5 Å². The highest BCUT2D eigenvalue weighted by atomic mass is 16.5. The highest BCUT2D eigenvalue weighted by Gasteiger charge is 2.46. The number of aliphatic hydroxyl groups excluding tert-OH is 1. The highest BCUT2D eigenvalue weighted by molar-refractivity contribution is 6.46. The number of para-hydroxylation sites is 1. The molecule has 1 amide bonds. The Hall–Kier alpha value is -3.08. The average Bonchev–Trinajstić information content (AvgIpc) is 3.03. The van der Waals surface area contributed by atoms with Crippen LogP contribution in [0.5, 0.6) is 5.75 Å². The first kappa shape index (κ1) is 24.6. The molecule has 0 saturated carbocycles. The third kappa shape index (κ3) is 4.82. The fraction of sp³-hybridized carbons (Fsp3) is 0.429. The van der Waals surface area contributed by atoms with Crippen molar-refractivity contribution in [1.29, 1.82) is 0 Å². The van der Waals surface area contributed by atoms with E-state index in [9.17, 15) is 14.7 Å². The van der Waals surface area contributed by atoms with E-state index in [-0.39, 0.29) is 16.7 Å². The van der Waals surface area contributed by atoms with E-state index in [1.807, 2.05) is 49.4 Å². The summed E-state index contributed by atoms with van der Waals surface area (Å²) in [7, 11) is 1.57. The van der Waals surface area contributed by atoms with Crippen LogP contribution in [0.4, 0.5) is 0 Å². The monoisotopic (exact) mass is 449 g/mol. The molecule has 2 aromatic rings. The molecule has 1 aliphatic heterocycles. The Balaban J connectivity index is 2.24. The quantitative estimate of drug-likeness (QED) is 0.247. The maximum Gasteiger partial charge on any atom is 0.295 e. The van der Waals surface area contributed by atoms with E-state index < -0.39 is 17.7 Å². The SMILES string of the molecule is CCCCCN1C(=O)C(=O)/C(=C(/O)c2cc(C(C)(C)C)ccc2C)C1c1ccccc1OC. The van der Waals surface area contributed by atoms with Crippen molar-refractivity contribution in [2.24, 2.45) is 0 Å². The molecule has 0 spiro atoms. The number of Topliss-reactive ketones (excluding diaryl/α,β-unsaturated/α-hetero) is 1. The van der Waals surface area contributed by atoms with E-state index in [0.29, 0.717) is 23.4 Å². The molecular formula is C28H35NO4. The standard InChI is InChI=1S/C28H35NO4/c1-7-8-11-16-29-24(20-12-9-10-13-22(20)33-6)23(26(31)27(29)32)25(30)21-17-19(28(3,4)5)15-14-18(21)2/h9-10,12-15,17,24,30H,7-8,11,16H2,1-6H3/b25-23+. The van der Waals surface area contributed by atoms with Gasteiger partial charge in [0, 0.05) is 17.7 Å². The van der Waals surface area contributed by atoms with Crippen molar-refractivity contribution in [2.45, 2.75) is 65.3 Å². The summed E-state index contributed by atoms with van der Waals surface area (Å²) >= 11 is 0. The summed E-state index contributed by atoms with van der Waals surface area (Å²) in [6.07, 6.45) is 2.74. The van der Waals surface area contributed by atoms with Crippen molar-refractivity contribution in [2.75, 3.05) is 13.7 Å². The zero-order chi connectivity index (χ0) is 24.3. The van der Waals surface area contributed by atoms with Crippen LogP contribution in [0.3, 0.4) is 0 Å². The lowest BCUT2D eigenvalue weighted by Gasteiger charge is -2.27. The Morgan fingerprint density at radius 3 is 2.42 bits per heavy atom. The number of aliphatic hydroxyl groups is 1. The summed E-state index contributed by atoms with van der Waals surface area (Å²) in [5, 5.41) is 11.5. The number of benzene rings is 2. The van der Waals surface area contributed by atoms with Gasteiger partial charge in [0.15, 0.2) is 0 Å². The van der Waals surface area contributed by atoms with Crippen LogP contribution >= 0.6 is 0 Å². The van der Waals surface area contributed by atoms with Gasteiger partial charge < -0.3 is 14.7 Å². The lowest BCUT2D eigenvalue weighted by molar-refractivity contribution is -0.139. The van der Waals surface area contributed by atoms with Crippen LogP contribution in [0, 0.1) is 6.92 Å².